The normalized spacial score (nSPS) is 19.0. The molecule has 0 saturated carbocycles. The number of hydrogen-bond acceptors (Lipinski definition) is 6. The summed E-state index contributed by atoms with van der Waals surface area (Å²) in [5, 5.41) is 0.503. The van der Waals surface area contributed by atoms with Crippen LogP contribution in [0.15, 0.2) is 34.2 Å². The Labute approximate surface area is 168 Å². The molecule has 28 heavy (non-hydrogen) atoms. The molecule has 3 aromatic rings. The number of hydrogen-bond donors (Lipinski definition) is 0. The molecule has 3 heterocycles. The maximum absolute atomic E-state index is 14.6. The highest BCUT2D eigenvalue weighted by Crippen LogP contribution is 2.37. The van der Waals surface area contributed by atoms with Gasteiger partial charge in [-0.3, -0.25) is 14.2 Å². The van der Waals surface area contributed by atoms with E-state index >= 15 is 0 Å². The predicted molar refractivity (Wildman–Crippen MR) is 107 cm³/mol. The van der Waals surface area contributed by atoms with Crippen LogP contribution in [0.3, 0.4) is 0 Å². The molecular formula is C20H17FN2O3S2. The molecule has 0 unspecified atom stereocenters. The number of aromatic nitrogens is 2. The summed E-state index contributed by atoms with van der Waals surface area (Å²) < 4.78 is 21.0. The zero-order chi connectivity index (χ0) is 19.3. The molecule has 0 spiro atoms. The summed E-state index contributed by atoms with van der Waals surface area (Å²) >= 11 is 2.73. The molecule has 5 nitrogen and oxygen atoms in total. The van der Waals surface area contributed by atoms with Gasteiger partial charge in [0, 0.05) is 11.3 Å². The lowest BCUT2D eigenvalue weighted by Crippen LogP contribution is -2.24. The van der Waals surface area contributed by atoms with E-state index < -0.39 is 11.1 Å². The van der Waals surface area contributed by atoms with Gasteiger partial charge >= 0.3 is 5.97 Å². The van der Waals surface area contributed by atoms with Gasteiger partial charge in [0.2, 0.25) is 0 Å². The van der Waals surface area contributed by atoms with Crippen LogP contribution in [-0.2, 0) is 22.4 Å². The van der Waals surface area contributed by atoms with Crippen molar-refractivity contribution in [2.24, 2.45) is 0 Å². The zero-order valence-electron chi connectivity index (χ0n) is 14.9. The van der Waals surface area contributed by atoms with Gasteiger partial charge in [-0.2, -0.15) is 0 Å². The number of halogens is 1. The van der Waals surface area contributed by atoms with Crippen molar-refractivity contribution in [2.75, 3.05) is 6.61 Å². The van der Waals surface area contributed by atoms with E-state index in [1.807, 2.05) is 0 Å². The Morgan fingerprint density at radius 3 is 2.82 bits per heavy atom. The summed E-state index contributed by atoms with van der Waals surface area (Å²) in [7, 11) is 0. The molecule has 1 saturated heterocycles. The third kappa shape index (κ3) is 2.86. The molecule has 1 aliphatic carbocycles. The lowest BCUT2D eigenvalue weighted by molar-refractivity contribution is -0.137. The zero-order valence-corrected chi connectivity index (χ0v) is 16.6. The van der Waals surface area contributed by atoms with E-state index in [0.717, 1.165) is 31.2 Å². The highest BCUT2D eigenvalue weighted by atomic mass is 32.2. The van der Waals surface area contributed by atoms with E-state index in [1.54, 1.807) is 29.5 Å². The number of carbonyl (C=O) groups is 1. The Hall–Kier alpha value is -2.19. The first-order valence-electron chi connectivity index (χ1n) is 9.29. The Morgan fingerprint density at radius 1 is 1.21 bits per heavy atom. The standard InChI is InChI=1S/C20H17FN2O3S2/c21-12-6-2-3-7-13(12)23-18(24)16-11-5-1-4-8-14(11)27-17(16)22-20(23)28-15-9-10-26-19(15)25/h2-3,6-7,15H,1,4-5,8-10H2/t15-/m0/s1. The summed E-state index contributed by atoms with van der Waals surface area (Å²) in [5.41, 5.74) is 0.959. The highest BCUT2D eigenvalue weighted by molar-refractivity contribution is 8.00. The van der Waals surface area contributed by atoms with Gasteiger partial charge in [0.05, 0.1) is 17.7 Å². The number of esters is 1. The van der Waals surface area contributed by atoms with Crippen molar-refractivity contribution in [3.8, 4) is 5.69 Å². The molecule has 8 heteroatoms. The lowest BCUT2D eigenvalue weighted by atomic mass is 9.97. The fourth-order valence-corrected chi connectivity index (χ4v) is 6.20. The van der Waals surface area contributed by atoms with E-state index in [0.29, 0.717) is 28.4 Å². The molecule has 0 amide bonds. The number of para-hydroxylation sites is 1. The highest BCUT2D eigenvalue weighted by Gasteiger charge is 2.31. The summed E-state index contributed by atoms with van der Waals surface area (Å²) in [5.74, 6) is -0.810. The fourth-order valence-electron chi connectivity index (χ4n) is 3.82. The van der Waals surface area contributed by atoms with Crippen molar-refractivity contribution in [2.45, 2.75) is 42.5 Å². The molecule has 2 aliphatic rings. The van der Waals surface area contributed by atoms with E-state index in [-0.39, 0.29) is 17.2 Å². The summed E-state index contributed by atoms with van der Waals surface area (Å²) in [6, 6.07) is 6.17. The number of fused-ring (bicyclic) bond motifs is 3. The van der Waals surface area contributed by atoms with Gasteiger partial charge in [-0.05, 0) is 43.4 Å². The second-order valence-corrected chi connectivity index (χ2v) is 9.19. The van der Waals surface area contributed by atoms with Crippen LogP contribution < -0.4 is 5.56 Å². The van der Waals surface area contributed by atoms with Crippen molar-refractivity contribution in [1.29, 1.82) is 0 Å². The molecule has 0 radical (unpaired) electrons. The minimum atomic E-state index is -0.495. The number of benzene rings is 1. The van der Waals surface area contributed by atoms with Crippen molar-refractivity contribution < 1.29 is 13.9 Å². The van der Waals surface area contributed by atoms with Gasteiger partial charge in [-0.15, -0.1) is 11.3 Å². The summed E-state index contributed by atoms with van der Waals surface area (Å²) in [6.07, 6.45) is 4.51. The maximum Gasteiger partial charge on any atom is 0.319 e. The molecule has 1 atom stereocenters. The second kappa shape index (κ2) is 7.00. The predicted octanol–water partition coefficient (Wildman–Crippen LogP) is 3.87. The van der Waals surface area contributed by atoms with Gasteiger partial charge < -0.3 is 4.74 Å². The maximum atomic E-state index is 14.6. The molecule has 0 bridgehead atoms. The van der Waals surface area contributed by atoms with Gasteiger partial charge in [0.25, 0.3) is 5.56 Å². The van der Waals surface area contributed by atoms with Crippen LogP contribution in [0.25, 0.3) is 15.9 Å². The SMILES string of the molecule is O=C1OCC[C@@H]1Sc1nc2sc3c(c2c(=O)n1-c1ccccc1F)CCCC3. The molecule has 1 aliphatic heterocycles. The third-order valence-corrected chi connectivity index (χ3v) is 7.57. The van der Waals surface area contributed by atoms with Crippen LogP contribution in [0.5, 0.6) is 0 Å². The van der Waals surface area contributed by atoms with Crippen LogP contribution in [-0.4, -0.2) is 27.4 Å². The molecule has 1 fully saturated rings. The number of thiophene rings is 1. The number of ether oxygens (including phenoxy) is 1. The number of nitrogens with zero attached hydrogens (tertiary/aromatic N) is 2. The van der Waals surface area contributed by atoms with E-state index in [2.05, 4.69) is 0 Å². The Balaban J connectivity index is 1.77. The van der Waals surface area contributed by atoms with Crippen molar-refractivity contribution in [1.82, 2.24) is 9.55 Å². The first-order chi connectivity index (χ1) is 13.6. The average Bonchev–Trinajstić information content (AvgIpc) is 3.26. The molecule has 2 aromatic heterocycles. The lowest BCUT2D eigenvalue weighted by Gasteiger charge is -2.15. The summed E-state index contributed by atoms with van der Waals surface area (Å²) in [4.78, 5) is 32.1. The van der Waals surface area contributed by atoms with E-state index in [1.165, 1.54) is 27.3 Å². The van der Waals surface area contributed by atoms with E-state index in [4.69, 9.17) is 9.72 Å². The largest absolute Gasteiger partial charge is 0.465 e. The molecule has 0 N–H and O–H groups in total. The quantitative estimate of drug-likeness (QED) is 0.479. The third-order valence-electron chi connectivity index (χ3n) is 5.19. The van der Waals surface area contributed by atoms with Gasteiger partial charge in [-0.1, -0.05) is 23.9 Å². The van der Waals surface area contributed by atoms with Crippen LogP contribution in [0.4, 0.5) is 4.39 Å². The number of carbonyl (C=O) groups excluding carboxylic acids is 1. The van der Waals surface area contributed by atoms with Crippen molar-refractivity contribution in [3.63, 3.8) is 0 Å². The van der Waals surface area contributed by atoms with E-state index in [9.17, 15) is 14.0 Å². The Bertz CT molecular complexity index is 1150. The van der Waals surface area contributed by atoms with Crippen molar-refractivity contribution >= 4 is 39.3 Å². The number of rotatable bonds is 3. The topological polar surface area (TPSA) is 61.2 Å². The van der Waals surface area contributed by atoms with Crippen LogP contribution in [0.1, 0.15) is 29.7 Å². The van der Waals surface area contributed by atoms with Crippen LogP contribution >= 0.6 is 23.1 Å². The minimum Gasteiger partial charge on any atom is -0.465 e. The second-order valence-electron chi connectivity index (χ2n) is 6.94. The van der Waals surface area contributed by atoms with Gasteiger partial charge in [-0.25, -0.2) is 9.37 Å². The minimum absolute atomic E-state index is 0.159. The first kappa shape index (κ1) is 17.9. The number of cyclic esters (lactones) is 1. The molecule has 144 valence electrons. The van der Waals surface area contributed by atoms with Crippen LogP contribution in [0.2, 0.25) is 0 Å². The number of aryl methyl sites for hydroxylation is 2. The molecule has 1 aromatic carbocycles. The smallest absolute Gasteiger partial charge is 0.319 e. The summed E-state index contributed by atoms with van der Waals surface area (Å²) in [6.45, 7) is 0.357. The molecular weight excluding hydrogens is 399 g/mol. The first-order valence-corrected chi connectivity index (χ1v) is 11.0. The Kier molecular flexibility index (Phi) is 4.47. The molecule has 5 rings (SSSR count). The van der Waals surface area contributed by atoms with Crippen molar-refractivity contribution in [3.05, 3.63) is 50.9 Å². The Morgan fingerprint density at radius 2 is 2.04 bits per heavy atom. The van der Waals surface area contributed by atoms with Gasteiger partial charge in [0.15, 0.2) is 5.16 Å². The fraction of sp³-hybridized carbons (Fsp3) is 0.350. The van der Waals surface area contributed by atoms with Gasteiger partial charge in [0.1, 0.15) is 15.9 Å². The number of thioether (sulfide) groups is 1. The average molecular weight is 416 g/mol. The van der Waals surface area contributed by atoms with Crippen LogP contribution in [0, 0.1) is 5.82 Å². The monoisotopic (exact) mass is 416 g/mol.